The number of benzene rings is 3. The summed E-state index contributed by atoms with van der Waals surface area (Å²) in [6.07, 6.45) is 0. The molecule has 5 rings (SSSR count). The van der Waals surface area contributed by atoms with E-state index in [1.54, 1.807) is 0 Å². The number of fused-ring (bicyclic) bond motifs is 1. The molecular formula is C28H21N5OS. The van der Waals surface area contributed by atoms with Gasteiger partial charge in [0.2, 0.25) is 0 Å². The van der Waals surface area contributed by atoms with E-state index in [1.807, 2.05) is 91.9 Å². The van der Waals surface area contributed by atoms with Crippen LogP contribution in [0.15, 0.2) is 84.9 Å². The molecule has 0 fully saturated rings. The molecule has 3 aromatic carbocycles. The van der Waals surface area contributed by atoms with Crippen molar-refractivity contribution >= 4 is 49.7 Å². The lowest BCUT2D eigenvalue weighted by Gasteiger charge is -2.10. The van der Waals surface area contributed by atoms with Crippen LogP contribution in [0.2, 0.25) is 0 Å². The van der Waals surface area contributed by atoms with Crippen LogP contribution in [0, 0.1) is 18.3 Å². The number of hydrogen-bond acceptors (Lipinski definition) is 6. The van der Waals surface area contributed by atoms with E-state index in [0.717, 1.165) is 21.5 Å². The Morgan fingerprint density at radius 3 is 2.34 bits per heavy atom. The number of pyridine rings is 1. The van der Waals surface area contributed by atoms with Crippen molar-refractivity contribution in [1.29, 1.82) is 5.26 Å². The van der Waals surface area contributed by atoms with Gasteiger partial charge in [0.15, 0.2) is 0 Å². The summed E-state index contributed by atoms with van der Waals surface area (Å²) in [7, 11) is 0. The summed E-state index contributed by atoms with van der Waals surface area (Å²) >= 11 is 1.38. The van der Waals surface area contributed by atoms with Crippen LogP contribution < -0.4 is 16.4 Å². The summed E-state index contributed by atoms with van der Waals surface area (Å²) in [5, 5.41) is 16.9. The Labute approximate surface area is 206 Å². The van der Waals surface area contributed by atoms with Gasteiger partial charge in [-0.15, -0.1) is 11.3 Å². The van der Waals surface area contributed by atoms with Crippen molar-refractivity contribution in [2.24, 2.45) is 0 Å². The Morgan fingerprint density at radius 1 is 0.971 bits per heavy atom. The van der Waals surface area contributed by atoms with Gasteiger partial charge in [0.05, 0.1) is 10.2 Å². The van der Waals surface area contributed by atoms with E-state index in [1.165, 1.54) is 11.3 Å². The van der Waals surface area contributed by atoms with Crippen molar-refractivity contribution in [3.05, 3.63) is 102 Å². The normalized spacial score (nSPS) is 10.6. The third-order valence-corrected chi connectivity index (χ3v) is 6.67. The van der Waals surface area contributed by atoms with Gasteiger partial charge in [-0.1, -0.05) is 60.7 Å². The maximum Gasteiger partial charge on any atom is 0.260 e. The van der Waals surface area contributed by atoms with Crippen LogP contribution in [0.3, 0.4) is 0 Å². The first-order valence-corrected chi connectivity index (χ1v) is 11.8. The van der Waals surface area contributed by atoms with Gasteiger partial charge in [-0.2, -0.15) is 5.26 Å². The maximum absolute atomic E-state index is 13.6. The highest BCUT2D eigenvalue weighted by Gasteiger charge is 2.26. The molecule has 7 heteroatoms. The Balaban J connectivity index is 1.76. The molecule has 0 atom stereocenters. The third-order valence-electron chi connectivity index (χ3n) is 5.56. The summed E-state index contributed by atoms with van der Waals surface area (Å²) in [5.74, 6) is -0.222. The number of amides is 1. The topological polar surface area (TPSA) is 104 Å². The Morgan fingerprint density at radius 2 is 1.66 bits per heavy atom. The van der Waals surface area contributed by atoms with Gasteiger partial charge in [-0.05, 0) is 42.3 Å². The summed E-state index contributed by atoms with van der Waals surface area (Å²) in [6.45, 7) is 2.01. The standard InChI is InChI=1S/C28H21N5OS/c1-17-9-8-14-20(15-17)32-28-23(27(34)31-19-12-6-3-7-13-19)24-25(35-28)22(18-10-4-2-5-11-18)21(16-29)26(30)33-24/h2-15,32H,1H3,(H2,30,33)(H,31,34). The molecule has 170 valence electrons. The zero-order chi connectivity index (χ0) is 24.4. The number of aromatic nitrogens is 1. The van der Waals surface area contributed by atoms with Gasteiger partial charge in [0.1, 0.15) is 28.0 Å². The maximum atomic E-state index is 13.6. The highest BCUT2D eigenvalue weighted by molar-refractivity contribution is 7.24. The van der Waals surface area contributed by atoms with Gasteiger partial charge in [-0.25, -0.2) is 4.98 Å². The fraction of sp³-hybridized carbons (Fsp3) is 0.0357. The second-order valence-corrected chi connectivity index (χ2v) is 9.04. The number of hydrogen-bond donors (Lipinski definition) is 3. The zero-order valence-corrected chi connectivity index (χ0v) is 19.7. The molecular weight excluding hydrogens is 454 g/mol. The number of para-hydroxylation sites is 1. The monoisotopic (exact) mass is 475 g/mol. The summed E-state index contributed by atoms with van der Waals surface area (Å²) in [5.41, 5.74) is 11.5. The van der Waals surface area contributed by atoms with Crippen LogP contribution >= 0.6 is 11.3 Å². The first-order valence-electron chi connectivity index (χ1n) is 11.0. The van der Waals surface area contributed by atoms with E-state index in [9.17, 15) is 10.1 Å². The summed E-state index contributed by atoms with van der Waals surface area (Å²) in [4.78, 5) is 18.1. The lowest BCUT2D eigenvalue weighted by molar-refractivity contribution is 0.102. The molecule has 0 aliphatic heterocycles. The number of nitriles is 1. The number of nitrogen functional groups attached to an aromatic ring is 1. The second kappa shape index (κ2) is 9.29. The highest BCUT2D eigenvalue weighted by Crippen LogP contribution is 2.44. The number of nitrogens with zero attached hydrogens (tertiary/aromatic N) is 2. The van der Waals surface area contributed by atoms with Gasteiger partial charge >= 0.3 is 0 Å². The molecule has 1 amide bonds. The lowest BCUT2D eigenvalue weighted by atomic mass is 10.00. The predicted molar refractivity (Wildman–Crippen MR) is 143 cm³/mol. The minimum Gasteiger partial charge on any atom is -0.383 e. The number of nitrogens with one attached hydrogen (secondary N) is 2. The fourth-order valence-electron chi connectivity index (χ4n) is 3.98. The van der Waals surface area contributed by atoms with Crippen molar-refractivity contribution < 1.29 is 4.79 Å². The number of carbonyl (C=O) groups excluding carboxylic acids is 1. The molecule has 6 nitrogen and oxygen atoms in total. The van der Waals surface area contributed by atoms with E-state index in [2.05, 4.69) is 21.7 Å². The molecule has 0 aliphatic rings. The van der Waals surface area contributed by atoms with Crippen molar-refractivity contribution in [3.8, 4) is 17.2 Å². The van der Waals surface area contributed by atoms with Crippen molar-refractivity contribution in [1.82, 2.24) is 4.98 Å². The van der Waals surface area contributed by atoms with Crippen LogP contribution in [0.4, 0.5) is 22.2 Å². The van der Waals surface area contributed by atoms with E-state index >= 15 is 0 Å². The molecule has 2 aromatic heterocycles. The molecule has 0 bridgehead atoms. The average molecular weight is 476 g/mol. The van der Waals surface area contributed by atoms with Gasteiger partial charge in [-0.3, -0.25) is 4.79 Å². The molecule has 0 spiro atoms. The SMILES string of the molecule is Cc1cccc(Nc2sc3c(-c4ccccc4)c(C#N)c(N)nc3c2C(=O)Nc2ccccc2)c1. The molecule has 0 radical (unpaired) electrons. The van der Waals surface area contributed by atoms with Crippen LogP contribution in [0.5, 0.6) is 0 Å². The number of nitrogens with two attached hydrogens (primary N) is 1. The van der Waals surface area contributed by atoms with Gasteiger partial charge < -0.3 is 16.4 Å². The molecule has 35 heavy (non-hydrogen) atoms. The number of aryl methyl sites for hydroxylation is 1. The van der Waals surface area contributed by atoms with Gasteiger partial charge in [0, 0.05) is 16.9 Å². The largest absolute Gasteiger partial charge is 0.383 e. The molecule has 0 aliphatic carbocycles. The van der Waals surface area contributed by atoms with Crippen molar-refractivity contribution in [2.75, 3.05) is 16.4 Å². The number of anilines is 4. The molecule has 2 heterocycles. The first-order chi connectivity index (χ1) is 17.0. The lowest BCUT2D eigenvalue weighted by Crippen LogP contribution is -2.13. The molecule has 0 saturated carbocycles. The summed E-state index contributed by atoms with van der Waals surface area (Å²) in [6, 6.07) is 28.9. The second-order valence-electron chi connectivity index (χ2n) is 8.02. The van der Waals surface area contributed by atoms with Crippen molar-refractivity contribution in [3.63, 3.8) is 0 Å². The van der Waals surface area contributed by atoms with Crippen LogP contribution in [-0.2, 0) is 0 Å². The average Bonchev–Trinajstić information content (AvgIpc) is 3.21. The minimum atomic E-state index is -0.312. The third kappa shape index (κ3) is 4.31. The fourth-order valence-corrected chi connectivity index (χ4v) is 5.21. The van der Waals surface area contributed by atoms with E-state index < -0.39 is 0 Å². The molecule has 0 unspecified atom stereocenters. The van der Waals surface area contributed by atoms with E-state index in [-0.39, 0.29) is 11.7 Å². The number of carbonyl (C=O) groups is 1. The Bertz CT molecular complexity index is 1590. The van der Waals surface area contributed by atoms with Crippen LogP contribution in [0.1, 0.15) is 21.5 Å². The predicted octanol–water partition coefficient (Wildman–Crippen LogP) is 6.72. The summed E-state index contributed by atoms with van der Waals surface area (Å²) < 4.78 is 0.718. The highest BCUT2D eigenvalue weighted by atomic mass is 32.1. The zero-order valence-electron chi connectivity index (χ0n) is 18.9. The number of rotatable bonds is 5. The number of thiophene rings is 1. The molecule has 4 N–H and O–H groups in total. The quantitative estimate of drug-likeness (QED) is 0.262. The van der Waals surface area contributed by atoms with Gasteiger partial charge in [0.25, 0.3) is 5.91 Å². The molecule has 5 aromatic rings. The Hall–Kier alpha value is -4.67. The van der Waals surface area contributed by atoms with Crippen LogP contribution in [-0.4, -0.2) is 10.9 Å². The molecule has 0 saturated heterocycles. The first kappa shape index (κ1) is 22.1. The van der Waals surface area contributed by atoms with Crippen molar-refractivity contribution in [2.45, 2.75) is 6.92 Å². The van der Waals surface area contributed by atoms with Crippen LogP contribution in [0.25, 0.3) is 21.3 Å². The minimum absolute atomic E-state index is 0.0903. The Kier molecular flexibility index (Phi) is 5.88. The smallest absolute Gasteiger partial charge is 0.260 e. The van der Waals surface area contributed by atoms with E-state index in [0.29, 0.717) is 32.9 Å². The van der Waals surface area contributed by atoms with E-state index in [4.69, 9.17) is 5.73 Å².